The topological polar surface area (TPSA) is 67.2 Å². The zero-order valence-corrected chi connectivity index (χ0v) is 23.4. The maximum atomic E-state index is 13.7. The van der Waals surface area contributed by atoms with Crippen LogP contribution in [0.2, 0.25) is 0 Å². The second-order valence-corrected chi connectivity index (χ2v) is 11.3. The van der Waals surface area contributed by atoms with Gasteiger partial charge in [0.05, 0.1) is 16.8 Å². The van der Waals surface area contributed by atoms with Crippen molar-refractivity contribution < 1.29 is 9.18 Å². The van der Waals surface area contributed by atoms with E-state index in [1.165, 1.54) is 44.2 Å². The predicted molar refractivity (Wildman–Crippen MR) is 156 cm³/mol. The second kappa shape index (κ2) is 11.4. The molecular formula is C32H37FN6O. The van der Waals surface area contributed by atoms with E-state index in [-0.39, 0.29) is 11.7 Å². The Morgan fingerprint density at radius 2 is 1.62 bits per heavy atom. The summed E-state index contributed by atoms with van der Waals surface area (Å²) < 4.78 is 15.5. The lowest BCUT2D eigenvalue weighted by atomic mass is 9.87. The number of nitrogens with zero attached hydrogens (tertiary/aromatic N) is 6. The van der Waals surface area contributed by atoms with Gasteiger partial charge in [0.15, 0.2) is 5.65 Å². The molecule has 1 amide bonds. The van der Waals surface area contributed by atoms with Crippen molar-refractivity contribution >= 4 is 22.8 Å². The van der Waals surface area contributed by atoms with Gasteiger partial charge in [0.2, 0.25) is 0 Å². The summed E-state index contributed by atoms with van der Waals surface area (Å²) in [4.78, 5) is 27.8. The molecule has 0 atom stereocenters. The summed E-state index contributed by atoms with van der Waals surface area (Å²) in [7, 11) is 0. The lowest BCUT2D eigenvalue weighted by Crippen LogP contribution is -2.35. The van der Waals surface area contributed by atoms with E-state index in [1.54, 1.807) is 12.1 Å². The molecule has 2 fully saturated rings. The summed E-state index contributed by atoms with van der Waals surface area (Å²) in [5, 5.41) is 5.77. The number of aryl methyl sites for hydroxylation is 2. The summed E-state index contributed by atoms with van der Waals surface area (Å²) in [6, 6.07) is 14.2. The average molecular weight is 541 g/mol. The van der Waals surface area contributed by atoms with Crippen LogP contribution >= 0.6 is 0 Å². The molecular weight excluding hydrogens is 503 g/mol. The molecule has 40 heavy (non-hydrogen) atoms. The molecule has 2 aromatic carbocycles. The minimum absolute atomic E-state index is 0.0768. The zero-order chi connectivity index (χ0) is 27.6. The van der Waals surface area contributed by atoms with Gasteiger partial charge in [0.1, 0.15) is 17.5 Å². The Hall–Kier alpha value is -3.81. The van der Waals surface area contributed by atoms with Crippen molar-refractivity contribution in [3.05, 3.63) is 77.0 Å². The molecule has 2 aromatic heterocycles. The molecule has 0 radical (unpaired) electrons. The Morgan fingerprint density at radius 3 is 2.38 bits per heavy atom. The number of hydrogen-bond acceptors (Lipinski definition) is 5. The van der Waals surface area contributed by atoms with Crippen molar-refractivity contribution in [3.8, 4) is 5.69 Å². The lowest BCUT2D eigenvalue weighted by molar-refractivity contribution is 0.0767. The monoisotopic (exact) mass is 540 g/mol. The third kappa shape index (κ3) is 5.44. The standard InChI is InChI=1S/C32H37FN6O/c1-22-9-11-25(12-10-22)32(40)38-18-6-17-37(19-20-38)30-29-23(2)36-39(27-15-13-26(33)14-16-27)31(29)35-28(34-30)21-24-7-4-3-5-8-24/h9-16,24H,3-8,17-21H2,1-2H3. The van der Waals surface area contributed by atoms with Gasteiger partial charge in [-0.2, -0.15) is 5.10 Å². The highest BCUT2D eigenvalue weighted by Gasteiger charge is 2.26. The summed E-state index contributed by atoms with van der Waals surface area (Å²) in [5.74, 6) is 2.13. The lowest BCUT2D eigenvalue weighted by Gasteiger charge is -2.25. The van der Waals surface area contributed by atoms with Crippen LogP contribution in [0.15, 0.2) is 48.5 Å². The molecule has 208 valence electrons. The highest BCUT2D eigenvalue weighted by atomic mass is 19.1. The van der Waals surface area contributed by atoms with Gasteiger partial charge in [-0.05, 0) is 62.6 Å². The molecule has 1 aliphatic heterocycles. The van der Waals surface area contributed by atoms with Gasteiger partial charge in [-0.25, -0.2) is 19.0 Å². The number of amides is 1. The van der Waals surface area contributed by atoms with Crippen LogP contribution in [0.25, 0.3) is 16.7 Å². The molecule has 0 bridgehead atoms. The second-order valence-electron chi connectivity index (χ2n) is 11.3. The molecule has 6 rings (SSSR count). The zero-order valence-electron chi connectivity index (χ0n) is 23.4. The molecule has 8 heteroatoms. The smallest absolute Gasteiger partial charge is 0.253 e. The van der Waals surface area contributed by atoms with Crippen molar-refractivity contribution in [3.63, 3.8) is 0 Å². The van der Waals surface area contributed by atoms with Crippen LogP contribution in [-0.2, 0) is 6.42 Å². The molecule has 1 aliphatic carbocycles. The van der Waals surface area contributed by atoms with Crippen molar-refractivity contribution in [2.24, 2.45) is 5.92 Å². The molecule has 0 spiro atoms. The summed E-state index contributed by atoms with van der Waals surface area (Å²) in [5.41, 5.74) is 4.26. The molecule has 1 saturated heterocycles. The van der Waals surface area contributed by atoms with Crippen molar-refractivity contribution in [1.82, 2.24) is 24.6 Å². The van der Waals surface area contributed by atoms with E-state index in [0.29, 0.717) is 25.6 Å². The Kier molecular flexibility index (Phi) is 7.50. The first-order valence-corrected chi connectivity index (χ1v) is 14.6. The average Bonchev–Trinajstić information content (AvgIpc) is 3.13. The molecule has 7 nitrogen and oxygen atoms in total. The molecule has 3 heterocycles. The maximum Gasteiger partial charge on any atom is 0.253 e. The Labute approximate surface area is 235 Å². The van der Waals surface area contributed by atoms with Crippen LogP contribution in [0.1, 0.15) is 66.0 Å². The van der Waals surface area contributed by atoms with E-state index >= 15 is 0 Å². The van der Waals surface area contributed by atoms with Gasteiger partial charge in [0, 0.05) is 38.2 Å². The van der Waals surface area contributed by atoms with Gasteiger partial charge in [-0.3, -0.25) is 4.79 Å². The van der Waals surface area contributed by atoms with Crippen LogP contribution in [0.4, 0.5) is 10.2 Å². The van der Waals surface area contributed by atoms with Gasteiger partial charge in [-0.15, -0.1) is 0 Å². The third-order valence-electron chi connectivity index (χ3n) is 8.38. The highest BCUT2D eigenvalue weighted by molar-refractivity contribution is 5.94. The number of aromatic nitrogens is 4. The van der Waals surface area contributed by atoms with E-state index in [0.717, 1.165) is 64.6 Å². The van der Waals surface area contributed by atoms with Gasteiger partial charge in [0.25, 0.3) is 5.91 Å². The Morgan fingerprint density at radius 1 is 0.875 bits per heavy atom. The van der Waals surface area contributed by atoms with Crippen LogP contribution in [0, 0.1) is 25.6 Å². The molecule has 1 saturated carbocycles. The number of fused-ring (bicyclic) bond motifs is 1. The molecule has 0 unspecified atom stereocenters. The maximum absolute atomic E-state index is 13.7. The number of benzene rings is 2. The van der Waals surface area contributed by atoms with E-state index in [2.05, 4.69) is 4.90 Å². The normalized spacial score (nSPS) is 16.9. The molecule has 4 aromatic rings. The highest BCUT2D eigenvalue weighted by Crippen LogP contribution is 2.32. The van der Waals surface area contributed by atoms with Crippen molar-refractivity contribution in [2.45, 2.75) is 58.8 Å². The fourth-order valence-electron chi connectivity index (χ4n) is 6.15. The number of halogens is 1. The number of rotatable bonds is 5. The van der Waals surface area contributed by atoms with Gasteiger partial charge in [-0.1, -0.05) is 49.8 Å². The van der Waals surface area contributed by atoms with Crippen LogP contribution in [0.3, 0.4) is 0 Å². The first kappa shape index (κ1) is 26.4. The largest absolute Gasteiger partial charge is 0.354 e. The number of anilines is 1. The fourth-order valence-corrected chi connectivity index (χ4v) is 6.15. The number of hydrogen-bond donors (Lipinski definition) is 0. The predicted octanol–water partition coefficient (Wildman–Crippen LogP) is 6.05. The quantitative estimate of drug-likeness (QED) is 0.308. The number of carbonyl (C=O) groups excluding carboxylic acids is 1. The SMILES string of the molecule is Cc1ccc(C(=O)N2CCCN(c3nc(CC4CCCCC4)nc4c3c(C)nn4-c3ccc(F)cc3)CC2)cc1. The number of carbonyl (C=O) groups is 1. The van der Waals surface area contributed by atoms with Crippen molar-refractivity contribution in [1.29, 1.82) is 0 Å². The van der Waals surface area contributed by atoms with Crippen molar-refractivity contribution in [2.75, 3.05) is 31.1 Å². The van der Waals surface area contributed by atoms with Crippen LogP contribution in [0.5, 0.6) is 0 Å². The van der Waals surface area contributed by atoms with E-state index in [9.17, 15) is 9.18 Å². The molecule has 2 aliphatic rings. The van der Waals surface area contributed by atoms with Crippen LogP contribution < -0.4 is 4.90 Å². The van der Waals surface area contributed by atoms with Gasteiger partial charge < -0.3 is 9.80 Å². The van der Waals surface area contributed by atoms with E-state index in [4.69, 9.17) is 15.1 Å². The third-order valence-corrected chi connectivity index (χ3v) is 8.38. The Bertz CT molecular complexity index is 1490. The summed E-state index contributed by atoms with van der Waals surface area (Å²) in [6.45, 7) is 6.84. The minimum atomic E-state index is -0.278. The molecule has 0 N–H and O–H groups in total. The minimum Gasteiger partial charge on any atom is -0.354 e. The van der Waals surface area contributed by atoms with Gasteiger partial charge >= 0.3 is 0 Å². The first-order chi connectivity index (χ1) is 19.5. The van der Waals surface area contributed by atoms with Crippen LogP contribution in [-0.4, -0.2) is 56.7 Å². The fraction of sp³-hybridized carbons (Fsp3) is 0.438. The summed E-state index contributed by atoms with van der Waals surface area (Å²) >= 11 is 0. The van der Waals surface area contributed by atoms with E-state index in [1.807, 2.05) is 47.7 Å². The first-order valence-electron chi connectivity index (χ1n) is 14.6. The Balaban J connectivity index is 1.35. The summed E-state index contributed by atoms with van der Waals surface area (Å²) in [6.07, 6.45) is 7.98. The van der Waals surface area contributed by atoms with E-state index < -0.39 is 0 Å².